The Kier molecular flexibility index (Phi) is 9.39. The molecule has 3 aromatic heterocycles. The normalized spacial score (nSPS) is 13.1. The number of rotatable bonds is 4. The van der Waals surface area contributed by atoms with Crippen molar-refractivity contribution < 1.29 is 24.5 Å². The Hall–Kier alpha value is -3.83. The van der Waals surface area contributed by atoms with Crippen molar-refractivity contribution in [3.8, 4) is 33.6 Å². The summed E-state index contributed by atoms with van der Waals surface area (Å²) >= 11 is -1.72. The Bertz CT molecular complexity index is 2230. The van der Waals surface area contributed by atoms with Gasteiger partial charge in [0.15, 0.2) is 0 Å². The van der Waals surface area contributed by atoms with Crippen LogP contribution >= 0.6 is 0 Å². The number of furan rings is 1. The van der Waals surface area contributed by atoms with Crippen molar-refractivity contribution in [1.29, 1.82) is 0 Å². The van der Waals surface area contributed by atoms with Crippen molar-refractivity contribution >= 4 is 39.6 Å². The quantitative estimate of drug-likeness (QED) is 0.131. The average Bonchev–Trinajstić information content (AvgIpc) is 3.57. The fourth-order valence-corrected chi connectivity index (χ4v) is 8.90. The van der Waals surface area contributed by atoms with E-state index in [1.165, 1.54) is 32.2 Å². The molecule has 1 radical (unpaired) electrons. The molecule has 7 aromatic rings. The van der Waals surface area contributed by atoms with Crippen LogP contribution in [0, 0.1) is 12.1 Å². The van der Waals surface area contributed by atoms with Crippen LogP contribution < -0.4 is 4.40 Å². The summed E-state index contributed by atoms with van der Waals surface area (Å²) in [4.78, 5) is 9.19. The van der Waals surface area contributed by atoms with Crippen LogP contribution in [0.3, 0.4) is 0 Å². The van der Waals surface area contributed by atoms with Gasteiger partial charge >= 0.3 is 99.8 Å². The smallest absolute Gasteiger partial charge is 0 e. The zero-order chi connectivity index (χ0) is 32.9. The Morgan fingerprint density at radius 1 is 0.729 bits per heavy atom. The first-order valence-electron chi connectivity index (χ1n) is 16.4. The molecule has 0 atom stereocenters. The monoisotopic (exact) mass is 867 g/mol. The minimum Gasteiger partial charge on any atom is 0 e. The first-order chi connectivity index (χ1) is 22.5. The molecule has 48 heavy (non-hydrogen) atoms. The van der Waals surface area contributed by atoms with Crippen molar-refractivity contribution in [3.05, 3.63) is 138 Å². The number of nitrogens with zero attached hydrogens (tertiary/aromatic N) is 2. The summed E-state index contributed by atoms with van der Waals surface area (Å²) in [6.07, 6.45) is 3.92. The average molecular weight is 866 g/mol. The van der Waals surface area contributed by atoms with Crippen LogP contribution in [0.2, 0.25) is 17.3 Å². The second-order valence-corrected chi connectivity index (χ2v) is 25.0. The number of hydrogen-bond acceptors (Lipinski definition) is 3. The Balaban J connectivity index is 0.000000201. The Morgan fingerprint density at radius 2 is 1.50 bits per heavy atom. The van der Waals surface area contributed by atoms with E-state index in [4.69, 9.17) is 4.42 Å². The van der Waals surface area contributed by atoms with Crippen molar-refractivity contribution in [2.75, 3.05) is 0 Å². The number of hydrogen-bond donors (Lipinski definition) is 0. The van der Waals surface area contributed by atoms with Crippen LogP contribution in [-0.4, -0.2) is 23.2 Å². The second-order valence-electron chi connectivity index (χ2n) is 14.3. The first kappa shape index (κ1) is 34.1. The maximum absolute atomic E-state index is 6.68. The predicted octanol–water partition coefficient (Wildman–Crippen LogP) is 11.0. The molecule has 0 saturated carbocycles. The fraction of sp³-hybridized carbons (Fsp3) is 0.209. The third kappa shape index (κ3) is 6.11. The molecule has 243 valence electrons. The summed E-state index contributed by atoms with van der Waals surface area (Å²) in [6, 6.07) is 40.4. The van der Waals surface area contributed by atoms with Gasteiger partial charge in [0, 0.05) is 42.7 Å². The minimum absolute atomic E-state index is 0. The molecule has 0 N–H and O–H groups in total. The van der Waals surface area contributed by atoms with Crippen LogP contribution in [0.1, 0.15) is 50.3 Å². The van der Waals surface area contributed by atoms with Gasteiger partial charge in [-0.1, -0.05) is 86.7 Å². The molecule has 8 rings (SSSR count). The standard InChI is InChI=1S/C29H24NO.C14H16GeN.Ir/c1-17(2)18-14-15-30-25(16-18)23-10-7-9-21-22-13-12-20-19-8-5-6-11-24(19)29(3,4)26(20)28(22)31-27(21)23;1-15(2,3)13-9-10-14(16-11-13)12-7-5-4-6-8-12;/h5-9,11-17H,1-4H3;4-7,9-11H,1-3H3;/q2*-1;. The zero-order valence-corrected chi connectivity index (χ0v) is 33.1. The van der Waals surface area contributed by atoms with Crippen molar-refractivity contribution in [1.82, 2.24) is 9.97 Å². The van der Waals surface area contributed by atoms with Crippen LogP contribution in [-0.2, 0) is 25.5 Å². The molecule has 0 spiro atoms. The van der Waals surface area contributed by atoms with Gasteiger partial charge in [0.05, 0.1) is 5.58 Å². The Labute approximate surface area is 300 Å². The zero-order valence-electron chi connectivity index (χ0n) is 28.6. The molecule has 3 nitrogen and oxygen atoms in total. The molecule has 5 heteroatoms. The molecule has 0 saturated heterocycles. The van der Waals surface area contributed by atoms with Gasteiger partial charge in [-0.05, 0) is 34.4 Å². The molecule has 3 heterocycles. The summed E-state index contributed by atoms with van der Waals surface area (Å²) in [5, 5.41) is 2.28. The molecule has 0 aliphatic heterocycles. The van der Waals surface area contributed by atoms with Gasteiger partial charge < -0.3 is 9.40 Å². The number of benzene rings is 4. The van der Waals surface area contributed by atoms with E-state index < -0.39 is 13.3 Å². The van der Waals surface area contributed by atoms with Gasteiger partial charge in [-0.2, -0.15) is 0 Å². The molecule has 0 amide bonds. The molecule has 1 aliphatic carbocycles. The van der Waals surface area contributed by atoms with Crippen LogP contribution in [0.5, 0.6) is 0 Å². The predicted molar refractivity (Wildman–Crippen MR) is 199 cm³/mol. The van der Waals surface area contributed by atoms with Crippen LogP contribution in [0.15, 0.2) is 114 Å². The summed E-state index contributed by atoms with van der Waals surface area (Å²) in [6.45, 7) is 9.00. The van der Waals surface area contributed by atoms with E-state index in [9.17, 15) is 0 Å². The molecular weight excluding hydrogens is 825 g/mol. The molecule has 0 bridgehead atoms. The maximum atomic E-state index is 6.68. The molecular formula is C43H40GeIrN2O-2. The van der Waals surface area contributed by atoms with E-state index in [0.29, 0.717) is 5.92 Å². The van der Waals surface area contributed by atoms with E-state index >= 15 is 0 Å². The number of pyridine rings is 2. The van der Waals surface area contributed by atoms with Crippen LogP contribution in [0.25, 0.3) is 55.6 Å². The van der Waals surface area contributed by atoms with E-state index in [0.717, 1.165) is 44.5 Å². The number of fused-ring (bicyclic) bond motifs is 7. The molecule has 1 aliphatic rings. The van der Waals surface area contributed by atoms with Gasteiger partial charge in [0.2, 0.25) is 0 Å². The second kappa shape index (κ2) is 13.2. The third-order valence-corrected chi connectivity index (χ3v) is 13.7. The van der Waals surface area contributed by atoms with E-state index in [-0.39, 0.29) is 25.5 Å². The summed E-state index contributed by atoms with van der Waals surface area (Å²) < 4.78 is 8.12. The van der Waals surface area contributed by atoms with E-state index in [1.54, 1.807) is 0 Å². The van der Waals surface area contributed by atoms with Gasteiger partial charge in [0.25, 0.3) is 0 Å². The summed E-state index contributed by atoms with van der Waals surface area (Å²) in [7, 11) is 0. The SMILES string of the molecule is CC(C)c1ccnc(-c2[c-]ccc3c2oc2c4c(ccc23)-c2ccccc2C4(C)C)c1.[CH3][Ge]([CH3])([CH3])[c]1ccc(-c2[c-]cccc2)nc1.[Ir]. The summed E-state index contributed by atoms with van der Waals surface area (Å²) in [5.74, 6) is 7.58. The van der Waals surface area contributed by atoms with Crippen molar-refractivity contribution in [2.45, 2.75) is 56.3 Å². The van der Waals surface area contributed by atoms with Crippen molar-refractivity contribution in [3.63, 3.8) is 0 Å². The first-order valence-corrected chi connectivity index (χ1v) is 23.8. The van der Waals surface area contributed by atoms with Gasteiger partial charge in [-0.15, -0.1) is 18.2 Å². The van der Waals surface area contributed by atoms with Gasteiger partial charge in [-0.3, -0.25) is 0 Å². The van der Waals surface area contributed by atoms with Gasteiger partial charge in [-0.25, -0.2) is 0 Å². The van der Waals surface area contributed by atoms with Crippen LogP contribution in [0.4, 0.5) is 0 Å². The van der Waals surface area contributed by atoms with E-state index in [2.05, 4.69) is 134 Å². The third-order valence-electron chi connectivity index (χ3n) is 9.44. The summed E-state index contributed by atoms with van der Waals surface area (Å²) in [5.41, 5.74) is 12.1. The van der Waals surface area contributed by atoms with Gasteiger partial charge in [0.1, 0.15) is 5.58 Å². The fourth-order valence-electron chi connectivity index (χ4n) is 6.73. The number of aromatic nitrogens is 2. The topological polar surface area (TPSA) is 38.9 Å². The molecule has 0 fully saturated rings. The largest absolute Gasteiger partial charge is 0 e. The molecule has 4 aromatic carbocycles. The molecule has 0 unspecified atom stereocenters. The maximum Gasteiger partial charge on any atom is 0 e. The Morgan fingerprint density at radius 3 is 2.21 bits per heavy atom. The van der Waals surface area contributed by atoms with E-state index in [1.807, 2.05) is 42.7 Å². The van der Waals surface area contributed by atoms with Crippen molar-refractivity contribution in [2.24, 2.45) is 0 Å². The minimum atomic E-state index is -1.72.